The van der Waals surface area contributed by atoms with E-state index in [1.165, 1.54) is 17.1 Å². The third kappa shape index (κ3) is 5.78. The zero-order valence-electron chi connectivity index (χ0n) is 20.9. The molecule has 2 atom stereocenters. The van der Waals surface area contributed by atoms with Crippen molar-refractivity contribution in [2.75, 3.05) is 5.32 Å². The van der Waals surface area contributed by atoms with Gasteiger partial charge in [0.25, 0.3) is 5.91 Å². The number of nitrogens with zero attached hydrogens (tertiary/aromatic N) is 3. The molecule has 2 aromatic heterocycles. The predicted molar refractivity (Wildman–Crippen MR) is 141 cm³/mol. The average Bonchev–Trinajstić information content (AvgIpc) is 3.41. The van der Waals surface area contributed by atoms with E-state index in [9.17, 15) is 14.8 Å². The van der Waals surface area contributed by atoms with Gasteiger partial charge in [-0.15, -0.1) is 6.42 Å². The quantitative estimate of drug-likeness (QED) is 0.242. The van der Waals surface area contributed by atoms with Gasteiger partial charge in [-0.1, -0.05) is 48.9 Å². The van der Waals surface area contributed by atoms with Gasteiger partial charge >= 0.3 is 0 Å². The number of hydrogen-bond acceptors (Lipinski definition) is 4. The number of hydrogen-bond donors (Lipinski definition) is 3. The van der Waals surface area contributed by atoms with Crippen LogP contribution in [-0.2, 0) is 4.79 Å². The summed E-state index contributed by atoms with van der Waals surface area (Å²) in [6, 6.07) is 9.35. The number of halogens is 1. The SMILES string of the molecule is C#CC(C)n1nccc1C(=O)NC(C(=O)Nc1ccc(-c2c(Cl)cc[n+](O)c2C)cc1)C1CCCCC1. The van der Waals surface area contributed by atoms with E-state index in [0.29, 0.717) is 27.7 Å². The molecule has 37 heavy (non-hydrogen) atoms. The zero-order chi connectivity index (χ0) is 26.5. The lowest BCUT2D eigenvalue weighted by Gasteiger charge is -2.30. The molecular weight excluding hydrogens is 490 g/mol. The van der Waals surface area contributed by atoms with Crippen LogP contribution in [0, 0.1) is 25.2 Å². The molecule has 3 aromatic rings. The second-order valence-electron chi connectivity index (χ2n) is 9.39. The highest BCUT2D eigenvalue weighted by atomic mass is 35.5. The first-order valence-electron chi connectivity index (χ1n) is 12.4. The van der Waals surface area contributed by atoms with E-state index in [-0.39, 0.29) is 17.7 Å². The van der Waals surface area contributed by atoms with Crippen LogP contribution >= 0.6 is 11.6 Å². The summed E-state index contributed by atoms with van der Waals surface area (Å²) in [6.07, 6.45) is 13.4. The van der Waals surface area contributed by atoms with Crippen molar-refractivity contribution in [2.45, 2.75) is 58.0 Å². The number of carbonyl (C=O) groups is 2. The number of carbonyl (C=O) groups excluding carboxylic acids is 2. The number of rotatable bonds is 7. The molecule has 1 aliphatic rings. The average molecular weight is 521 g/mol. The molecule has 1 aromatic carbocycles. The summed E-state index contributed by atoms with van der Waals surface area (Å²) in [7, 11) is 0. The van der Waals surface area contributed by atoms with Crippen molar-refractivity contribution in [2.24, 2.45) is 5.92 Å². The summed E-state index contributed by atoms with van der Waals surface area (Å²) in [5, 5.41) is 20.6. The van der Waals surface area contributed by atoms with Crippen molar-refractivity contribution in [3.63, 3.8) is 0 Å². The maximum Gasteiger partial charge on any atom is 0.270 e. The molecule has 0 bridgehead atoms. The van der Waals surface area contributed by atoms with Gasteiger partial charge < -0.3 is 10.6 Å². The Hall–Kier alpha value is -3.83. The third-order valence-electron chi connectivity index (χ3n) is 6.95. The maximum absolute atomic E-state index is 13.5. The molecule has 0 aliphatic heterocycles. The normalized spacial score (nSPS) is 15.4. The predicted octanol–water partition coefficient (Wildman–Crippen LogP) is 4.55. The lowest BCUT2D eigenvalue weighted by atomic mass is 9.83. The fraction of sp³-hybridized carbons (Fsp3) is 0.357. The molecule has 0 spiro atoms. The minimum atomic E-state index is -0.698. The van der Waals surface area contributed by atoms with Crippen molar-refractivity contribution in [3.05, 3.63) is 65.2 Å². The minimum absolute atomic E-state index is 0.0316. The molecule has 3 N–H and O–H groups in total. The molecule has 9 heteroatoms. The first-order chi connectivity index (χ1) is 17.8. The van der Waals surface area contributed by atoms with Gasteiger partial charge in [-0.2, -0.15) is 5.10 Å². The van der Waals surface area contributed by atoms with Crippen molar-refractivity contribution in [1.29, 1.82) is 0 Å². The molecule has 8 nitrogen and oxygen atoms in total. The van der Waals surface area contributed by atoms with Crippen LogP contribution in [0.25, 0.3) is 11.1 Å². The molecule has 0 saturated heterocycles. The van der Waals surface area contributed by atoms with E-state index in [4.69, 9.17) is 18.0 Å². The number of anilines is 1. The zero-order valence-corrected chi connectivity index (χ0v) is 21.7. The van der Waals surface area contributed by atoms with Gasteiger partial charge in [0, 0.05) is 29.6 Å². The van der Waals surface area contributed by atoms with Gasteiger partial charge in [-0.3, -0.25) is 14.8 Å². The molecule has 2 heterocycles. The highest BCUT2D eigenvalue weighted by Crippen LogP contribution is 2.31. The maximum atomic E-state index is 13.5. The highest BCUT2D eigenvalue weighted by molar-refractivity contribution is 6.33. The Bertz CT molecular complexity index is 1320. The van der Waals surface area contributed by atoms with E-state index in [1.54, 1.807) is 38.1 Å². The molecule has 1 fully saturated rings. The van der Waals surface area contributed by atoms with Gasteiger partial charge in [0.1, 0.15) is 17.8 Å². The van der Waals surface area contributed by atoms with Gasteiger partial charge in [-0.25, -0.2) is 4.68 Å². The molecule has 4 rings (SSSR count). The number of nitrogens with one attached hydrogen (secondary N) is 2. The van der Waals surface area contributed by atoms with Gasteiger partial charge in [-0.05, 0) is 49.4 Å². The molecular formula is C28H31ClN5O3+. The van der Waals surface area contributed by atoms with E-state index in [1.807, 2.05) is 12.1 Å². The third-order valence-corrected chi connectivity index (χ3v) is 7.26. The van der Waals surface area contributed by atoms with Gasteiger partial charge in [0.2, 0.25) is 17.8 Å². The lowest BCUT2D eigenvalue weighted by molar-refractivity contribution is -0.908. The Labute approximate surface area is 221 Å². The van der Waals surface area contributed by atoms with Crippen LogP contribution in [0.5, 0.6) is 0 Å². The number of terminal acetylenes is 1. The number of pyridine rings is 1. The lowest BCUT2D eigenvalue weighted by Crippen LogP contribution is -2.49. The second kappa shape index (κ2) is 11.5. The van der Waals surface area contributed by atoms with Gasteiger partial charge in [0.05, 0.1) is 10.6 Å². The molecule has 1 aliphatic carbocycles. The van der Waals surface area contributed by atoms with E-state index >= 15 is 0 Å². The second-order valence-corrected chi connectivity index (χ2v) is 9.80. The summed E-state index contributed by atoms with van der Waals surface area (Å²) in [5.41, 5.74) is 3.02. The van der Waals surface area contributed by atoms with E-state index < -0.39 is 12.1 Å². The summed E-state index contributed by atoms with van der Waals surface area (Å²) in [5.74, 6) is 1.96. The van der Waals surface area contributed by atoms with Crippen LogP contribution in [0.1, 0.15) is 61.3 Å². The van der Waals surface area contributed by atoms with Crippen LogP contribution in [0.2, 0.25) is 5.02 Å². The van der Waals surface area contributed by atoms with Crippen LogP contribution in [0.4, 0.5) is 5.69 Å². The smallest absolute Gasteiger partial charge is 0.270 e. The molecule has 1 saturated carbocycles. The Morgan fingerprint density at radius 1 is 1.19 bits per heavy atom. The minimum Gasteiger partial charge on any atom is -0.339 e. The monoisotopic (exact) mass is 520 g/mol. The first kappa shape index (κ1) is 26.2. The summed E-state index contributed by atoms with van der Waals surface area (Å²) >= 11 is 6.37. The summed E-state index contributed by atoms with van der Waals surface area (Å²) < 4.78 is 2.50. The Balaban J connectivity index is 1.54. The van der Waals surface area contributed by atoms with Crippen molar-refractivity contribution < 1.29 is 19.5 Å². The Morgan fingerprint density at radius 3 is 2.57 bits per heavy atom. The Morgan fingerprint density at radius 2 is 1.89 bits per heavy atom. The standard InChI is InChI=1S/C28H30ClN5O3/c1-4-18(2)34-24(14-16-30-34)27(35)32-26(21-8-6-5-7-9-21)28(36)31-22-12-10-20(11-13-22)25-19(3)33(37)17-15-23(25)29/h1,10-18,21,26H,5-9H2,2-3H3,(H2-,31,32,35,36,37)/p+1. The van der Waals surface area contributed by atoms with Crippen LogP contribution in [0.15, 0.2) is 48.8 Å². The number of aromatic nitrogens is 3. The van der Waals surface area contributed by atoms with E-state index in [2.05, 4.69) is 21.7 Å². The molecule has 192 valence electrons. The van der Waals surface area contributed by atoms with E-state index in [0.717, 1.165) is 42.4 Å². The van der Waals surface area contributed by atoms with Crippen molar-refractivity contribution in [3.8, 4) is 23.5 Å². The first-order valence-corrected chi connectivity index (χ1v) is 12.8. The summed E-state index contributed by atoms with van der Waals surface area (Å²) in [6.45, 7) is 3.55. The van der Waals surface area contributed by atoms with Crippen LogP contribution in [-0.4, -0.2) is 32.8 Å². The molecule has 2 amide bonds. The van der Waals surface area contributed by atoms with Crippen LogP contribution in [0.3, 0.4) is 0 Å². The topological polar surface area (TPSA) is 100 Å². The van der Waals surface area contributed by atoms with Crippen LogP contribution < -0.4 is 15.4 Å². The van der Waals surface area contributed by atoms with Crippen molar-refractivity contribution in [1.82, 2.24) is 15.1 Å². The summed E-state index contributed by atoms with van der Waals surface area (Å²) in [4.78, 5) is 26.7. The fourth-order valence-corrected chi connectivity index (χ4v) is 5.16. The molecule has 0 radical (unpaired) electrons. The van der Waals surface area contributed by atoms with Crippen molar-refractivity contribution >= 4 is 29.1 Å². The fourth-order valence-electron chi connectivity index (χ4n) is 4.86. The van der Waals surface area contributed by atoms with Gasteiger partial charge in [0.15, 0.2) is 0 Å². The Kier molecular flexibility index (Phi) is 8.14. The largest absolute Gasteiger partial charge is 0.339 e. The number of amides is 2. The highest BCUT2D eigenvalue weighted by Gasteiger charge is 2.32. The number of benzene rings is 1. The molecule has 2 unspecified atom stereocenters.